The standard InChI is InChI=1S/C19H29N5O6/c1-4-8-20-9-7-14(23-17(28)12(2)22-13(3)25)19(30)24-10-5-6-15(24)18(29)21-11-16(26)27/h1,12,14-15,20H,5-11H2,2-3H3,(H,21,29)(H,22,25)(H,23,28)(H,26,27)/t12-,14-,15-/m0/s1. The summed E-state index contributed by atoms with van der Waals surface area (Å²) in [6, 6.07) is -2.58. The van der Waals surface area contributed by atoms with Crippen LogP contribution in [-0.2, 0) is 24.0 Å². The van der Waals surface area contributed by atoms with Crippen LogP contribution in [0, 0.1) is 12.3 Å². The maximum absolute atomic E-state index is 13.1. The van der Waals surface area contributed by atoms with E-state index in [-0.39, 0.29) is 12.3 Å². The van der Waals surface area contributed by atoms with Crippen LogP contribution >= 0.6 is 0 Å². The molecule has 0 aromatic rings. The minimum Gasteiger partial charge on any atom is -0.480 e. The zero-order valence-corrected chi connectivity index (χ0v) is 17.2. The number of hydrogen-bond donors (Lipinski definition) is 5. The normalized spacial score (nSPS) is 17.4. The first-order valence-electron chi connectivity index (χ1n) is 9.69. The molecule has 1 aliphatic rings. The number of aliphatic carboxylic acids is 1. The van der Waals surface area contributed by atoms with Crippen molar-refractivity contribution < 1.29 is 29.1 Å². The maximum atomic E-state index is 13.1. The second-order valence-corrected chi connectivity index (χ2v) is 6.95. The first-order chi connectivity index (χ1) is 14.2. The van der Waals surface area contributed by atoms with Crippen LogP contribution in [0.3, 0.4) is 0 Å². The van der Waals surface area contributed by atoms with Gasteiger partial charge in [-0.25, -0.2) is 0 Å². The molecule has 1 saturated heterocycles. The first-order valence-corrected chi connectivity index (χ1v) is 9.69. The Bertz CT molecular complexity index is 704. The molecule has 3 atom stereocenters. The van der Waals surface area contributed by atoms with E-state index >= 15 is 0 Å². The number of nitrogens with zero attached hydrogens (tertiary/aromatic N) is 1. The number of amides is 4. The number of carboxylic acid groups (broad SMARTS) is 1. The fourth-order valence-electron chi connectivity index (χ4n) is 3.12. The second-order valence-electron chi connectivity index (χ2n) is 6.95. The van der Waals surface area contributed by atoms with Crippen molar-refractivity contribution in [3.05, 3.63) is 0 Å². The number of hydrogen-bond acceptors (Lipinski definition) is 6. The van der Waals surface area contributed by atoms with Gasteiger partial charge in [0.1, 0.15) is 24.7 Å². The lowest BCUT2D eigenvalue weighted by atomic mass is 10.1. The van der Waals surface area contributed by atoms with E-state index in [9.17, 15) is 24.0 Å². The number of carbonyl (C=O) groups is 5. The van der Waals surface area contributed by atoms with E-state index in [1.165, 1.54) is 18.7 Å². The van der Waals surface area contributed by atoms with Gasteiger partial charge in [-0.15, -0.1) is 6.42 Å². The van der Waals surface area contributed by atoms with Crippen LogP contribution in [0.5, 0.6) is 0 Å². The van der Waals surface area contributed by atoms with Gasteiger partial charge < -0.3 is 31.3 Å². The van der Waals surface area contributed by atoms with Crippen LogP contribution in [0.2, 0.25) is 0 Å². The molecule has 0 aromatic heterocycles. The monoisotopic (exact) mass is 423 g/mol. The van der Waals surface area contributed by atoms with Crippen molar-refractivity contribution in [1.29, 1.82) is 0 Å². The SMILES string of the molecule is C#CCNCC[C@H](NC(=O)[C@H](C)NC(C)=O)C(=O)N1CCC[C@H]1C(=O)NCC(=O)O. The van der Waals surface area contributed by atoms with Gasteiger partial charge in [-0.2, -0.15) is 0 Å². The minimum absolute atomic E-state index is 0.221. The Labute approximate surface area is 175 Å². The zero-order valence-electron chi connectivity index (χ0n) is 17.2. The first kappa shape index (κ1) is 24.9. The van der Waals surface area contributed by atoms with E-state index in [0.717, 1.165) is 0 Å². The quantitative estimate of drug-likeness (QED) is 0.186. The Morgan fingerprint density at radius 3 is 2.53 bits per heavy atom. The fourth-order valence-corrected chi connectivity index (χ4v) is 3.12. The van der Waals surface area contributed by atoms with Crippen molar-refractivity contribution in [2.24, 2.45) is 0 Å². The lowest BCUT2D eigenvalue weighted by Gasteiger charge is -2.29. The van der Waals surface area contributed by atoms with Gasteiger partial charge >= 0.3 is 5.97 Å². The fraction of sp³-hybridized carbons (Fsp3) is 0.632. The van der Waals surface area contributed by atoms with Gasteiger partial charge in [0.15, 0.2) is 0 Å². The lowest BCUT2D eigenvalue weighted by molar-refractivity contribution is -0.143. The van der Waals surface area contributed by atoms with Gasteiger partial charge in [-0.1, -0.05) is 5.92 Å². The minimum atomic E-state index is -1.18. The molecule has 1 aliphatic heterocycles. The molecule has 0 spiro atoms. The van der Waals surface area contributed by atoms with E-state index in [0.29, 0.717) is 32.5 Å². The molecule has 1 rings (SSSR count). The highest BCUT2D eigenvalue weighted by Gasteiger charge is 2.37. The van der Waals surface area contributed by atoms with Crippen molar-refractivity contribution in [1.82, 2.24) is 26.2 Å². The highest BCUT2D eigenvalue weighted by atomic mass is 16.4. The zero-order chi connectivity index (χ0) is 22.7. The highest BCUT2D eigenvalue weighted by molar-refractivity contribution is 5.94. The number of carboxylic acids is 1. The molecule has 0 bridgehead atoms. The predicted octanol–water partition coefficient (Wildman–Crippen LogP) is -2.20. The molecule has 0 saturated carbocycles. The van der Waals surface area contributed by atoms with Crippen molar-refractivity contribution in [3.63, 3.8) is 0 Å². The largest absolute Gasteiger partial charge is 0.480 e. The number of rotatable bonds is 11. The van der Waals surface area contributed by atoms with Gasteiger partial charge in [0.25, 0.3) is 0 Å². The van der Waals surface area contributed by atoms with Crippen molar-refractivity contribution >= 4 is 29.6 Å². The summed E-state index contributed by atoms with van der Waals surface area (Å²) in [7, 11) is 0. The Morgan fingerprint density at radius 2 is 1.93 bits per heavy atom. The van der Waals surface area contributed by atoms with E-state index in [2.05, 4.69) is 27.2 Å². The number of nitrogens with one attached hydrogen (secondary N) is 4. The van der Waals surface area contributed by atoms with Gasteiger partial charge in [0.05, 0.1) is 6.54 Å². The van der Waals surface area contributed by atoms with Crippen LogP contribution in [0.4, 0.5) is 0 Å². The molecule has 11 nitrogen and oxygen atoms in total. The van der Waals surface area contributed by atoms with Gasteiger partial charge in [-0.05, 0) is 32.7 Å². The Morgan fingerprint density at radius 1 is 1.23 bits per heavy atom. The molecular weight excluding hydrogens is 394 g/mol. The number of carbonyl (C=O) groups excluding carboxylic acids is 4. The van der Waals surface area contributed by atoms with Crippen molar-refractivity contribution in [3.8, 4) is 12.3 Å². The predicted molar refractivity (Wildman–Crippen MR) is 107 cm³/mol. The van der Waals surface area contributed by atoms with Crippen LogP contribution in [0.25, 0.3) is 0 Å². The summed E-state index contributed by atoms with van der Waals surface area (Å²) in [5.74, 6) is -0.695. The molecule has 0 radical (unpaired) electrons. The molecule has 166 valence electrons. The summed E-state index contributed by atoms with van der Waals surface area (Å²) in [6.45, 7) is 3.19. The summed E-state index contributed by atoms with van der Waals surface area (Å²) >= 11 is 0. The summed E-state index contributed by atoms with van der Waals surface area (Å²) in [4.78, 5) is 61.0. The van der Waals surface area contributed by atoms with Gasteiger partial charge in [0.2, 0.25) is 23.6 Å². The summed E-state index contributed by atoms with van der Waals surface area (Å²) in [6.07, 6.45) is 6.39. The molecule has 1 fully saturated rings. The van der Waals surface area contributed by atoms with Crippen molar-refractivity contribution in [2.75, 3.05) is 26.2 Å². The topological polar surface area (TPSA) is 157 Å². The summed E-state index contributed by atoms with van der Waals surface area (Å²) in [5, 5.41) is 19.0. The van der Waals surface area contributed by atoms with Crippen molar-refractivity contribution in [2.45, 2.75) is 51.2 Å². The lowest BCUT2D eigenvalue weighted by Crippen LogP contribution is -2.56. The van der Waals surface area contributed by atoms with E-state index in [4.69, 9.17) is 11.5 Å². The van der Waals surface area contributed by atoms with Gasteiger partial charge in [0, 0.05) is 13.5 Å². The molecule has 4 amide bonds. The third-order valence-corrected chi connectivity index (χ3v) is 4.52. The maximum Gasteiger partial charge on any atom is 0.322 e. The Hall–Kier alpha value is -3.13. The van der Waals surface area contributed by atoms with E-state index in [1.807, 2.05) is 0 Å². The molecule has 0 aromatic carbocycles. The third-order valence-electron chi connectivity index (χ3n) is 4.52. The smallest absolute Gasteiger partial charge is 0.322 e. The molecule has 30 heavy (non-hydrogen) atoms. The Kier molecular flexibility index (Phi) is 10.3. The highest BCUT2D eigenvalue weighted by Crippen LogP contribution is 2.19. The molecule has 1 heterocycles. The Balaban J connectivity index is 2.87. The van der Waals surface area contributed by atoms with E-state index < -0.39 is 48.4 Å². The van der Waals surface area contributed by atoms with Crippen LogP contribution < -0.4 is 21.3 Å². The molecule has 11 heteroatoms. The third kappa shape index (κ3) is 8.08. The molecule has 0 aliphatic carbocycles. The second kappa shape index (κ2) is 12.4. The summed E-state index contributed by atoms with van der Waals surface area (Å²) < 4.78 is 0. The van der Waals surface area contributed by atoms with Gasteiger partial charge in [-0.3, -0.25) is 24.0 Å². The van der Waals surface area contributed by atoms with Crippen LogP contribution in [0.15, 0.2) is 0 Å². The average molecular weight is 423 g/mol. The molecule has 5 N–H and O–H groups in total. The number of likely N-dealkylation sites (tertiary alicyclic amines) is 1. The van der Waals surface area contributed by atoms with E-state index in [1.54, 1.807) is 0 Å². The molecule has 0 unspecified atom stereocenters. The average Bonchev–Trinajstić information content (AvgIpc) is 3.17. The van der Waals surface area contributed by atoms with Crippen LogP contribution in [-0.4, -0.2) is 83.9 Å². The summed E-state index contributed by atoms with van der Waals surface area (Å²) in [5.41, 5.74) is 0. The molecular formula is C19H29N5O6. The number of terminal acetylenes is 1. The van der Waals surface area contributed by atoms with Crippen LogP contribution in [0.1, 0.15) is 33.1 Å².